The van der Waals surface area contributed by atoms with Gasteiger partial charge in [-0.1, -0.05) is 26.7 Å². The SMILES string of the molecule is CCCCN1CC(C(=O)O)C(CCC)C1=O.[B][B][B]. The van der Waals surface area contributed by atoms with Crippen molar-refractivity contribution in [1.29, 1.82) is 0 Å². The van der Waals surface area contributed by atoms with Crippen molar-refractivity contribution >= 4 is 34.4 Å². The summed E-state index contributed by atoms with van der Waals surface area (Å²) < 4.78 is 0. The fourth-order valence-corrected chi connectivity index (χ4v) is 2.30. The maximum Gasteiger partial charge on any atom is 0.309 e. The summed E-state index contributed by atoms with van der Waals surface area (Å²) in [4.78, 5) is 24.8. The van der Waals surface area contributed by atoms with Gasteiger partial charge in [0.15, 0.2) is 0 Å². The number of carboxylic acid groups (broad SMARTS) is 1. The lowest BCUT2D eigenvalue weighted by Crippen LogP contribution is -2.28. The largest absolute Gasteiger partial charge is 0.481 e. The molecular weight excluding hydrogens is 239 g/mol. The van der Waals surface area contributed by atoms with Crippen molar-refractivity contribution in [1.82, 2.24) is 4.90 Å². The van der Waals surface area contributed by atoms with E-state index in [0.29, 0.717) is 19.5 Å². The molecule has 1 rings (SSSR count). The highest BCUT2D eigenvalue weighted by Crippen LogP contribution is 2.29. The number of carbonyl (C=O) groups excluding carboxylic acids is 1. The third-order valence-corrected chi connectivity index (χ3v) is 3.23. The molecule has 1 fully saturated rings. The van der Waals surface area contributed by atoms with Crippen molar-refractivity contribution in [3.63, 3.8) is 0 Å². The summed E-state index contributed by atoms with van der Waals surface area (Å²) in [5, 5.41) is 9.09. The molecule has 2 atom stereocenters. The van der Waals surface area contributed by atoms with Crippen LogP contribution in [-0.4, -0.2) is 57.5 Å². The van der Waals surface area contributed by atoms with Crippen molar-refractivity contribution in [2.45, 2.75) is 39.5 Å². The minimum absolute atomic E-state index is 0.0442. The Morgan fingerprint density at radius 2 is 2.00 bits per heavy atom. The van der Waals surface area contributed by atoms with Crippen LogP contribution in [0.15, 0.2) is 0 Å². The van der Waals surface area contributed by atoms with Gasteiger partial charge < -0.3 is 10.0 Å². The van der Waals surface area contributed by atoms with E-state index in [4.69, 9.17) is 5.11 Å². The third kappa shape index (κ3) is 5.75. The first-order valence-corrected chi connectivity index (χ1v) is 6.80. The highest BCUT2D eigenvalue weighted by atomic mass is 16.4. The molecule has 1 aliphatic rings. The lowest BCUT2D eigenvalue weighted by atomic mass is 9.40. The second-order valence-electron chi connectivity index (χ2n) is 4.67. The number of carboxylic acids is 1. The Morgan fingerprint density at radius 3 is 2.42 bits per heavy atom. The van der Waals surface area contributed by atoms with Crippen LogP contribution in [0.5, 0.6) is 0 Å². The van der Waals surface area contributed by atoms with Crippen molar-refractivity contribution in [3.05, 3.63) is 0 Å². The molecule has 5 radical (unpaired) electrons. The Hall–Kier alpha value is -0.865. The fraction of sp³-hybridized carbons (Fsp3) is 0.833. The van der Waals surface area contributed by atoms with E-state index in [2.05, 4.69) is 22.4 Å². The minimum Gasteiger partial charge on any atom is -0.481 e. The predicted octanol–water partition coefficient (Wildman–Crippen LogP) is 0.603. The molecule has 2 unspecified atom stereocenters. The molecule has 0 saturated carbocycles. The van der Waals surface area contributed by atoms with Gasteiger partial charge in [-0.2, -0.15) is 0 Å². The molecule has 0 bridgehead atoms. The number of amides is 1. The maximum atomic E-state index is 12.0. The quantitative estimate of drug-likeness (QED) is 0.711. The number of unbranched alkanes of at least 4 members (excludes halogenated alkanes) is 1. The van der Waals surface area contributed by atoms with Gasteiger partial charge in [0.2, 0.25) is 5.91 Å². The van der Waals surface area contributed by atoms with Crippen LogP contribution in [0, 0.1) is 11.8 Å². The first-order valence-electron chi connectivity index (χ1n) is 6.80. The van der Waals surface area contributed by atoms with Gasteiger partial charge in [-0.05, 0) is 12.8 Å². The summed E-state index contributed by atoms with van der Waals surface area (Å²) in [6.45, 7) is 5.16. The number of rotatable bonds is 6. The summed E-state index contributed by atoms with van der Waals surface area (Å²) in [7, 11) is 10.0. The van der Waals surface area contributed by atoms with E-state index in [-0.39, 0.29) is 11.8 Å². The van der Waals surface area contributed by atoms with Gasteiger partial charge in [0.25, 0.3) is 0 Å². The van der Waals surface area contributed by atoms with E-state index in [1.807, 2.05) is 6.92 Å². The Balaban J connectivity index is 0.000000982. The maximum absolute atomic E-state index is 12.0. The number of likely N-dealkylation sites (tertiary alicyclic amines) is 1. The molecular formula is C12H21B3NO3. The van der Waals surface area contributed by atoms with Crippen molar-refractivity contribution in [3.8, 4) is 0 Å². The average Bonchev–Trinajstić information content (AvgIpc) is 2.66. The molecule has 19 heavy (non-hydrogen) atoms. The molecule has 1 aliphatic heterocycles. The van der Waals surface area contributed by atoms with Crippen LogP contribution >= 0.6 is 0 Å². The summed E-state index contributed by atoms with van der Waals surface area (Å²) in [5.74, 6) is -1.57. The van der Waals surface area contributed by atoms with Crippen LogP contribution in [0.3, 0.4) is 0 Å². The normalized spacial score (nSPS) is 21.8. The van der Waals surface area contributed by atoms with Crippen LogP contribution in [0.1, 0.15) is 39.5 Å². The summed E-state index contributed by atoms with van der Waals surface area (Å²) in [6, 6.07) is 0. The molecule has 0 spiro atoms. The summed E-state index contributed by atoms with van der Waals surface area (Å²) in [5.41, 5.74) is 0. The minimum atomic E-state index is -0.828. The molecule has 101 valence electrons. The molecule has 1 N–H and O–H groups in total. The number of carbonyl (C=O) groups is 2. The second kappa shape index (κ2) is 9.99. The van der Waals surface area contributed by atoms with Crippen LogP contribution in [0.2, 0.25) is 0 Å². The lowest BCUT2D eigenvalue weighted by Gasteiger charge is -2.15. The number of aliphatic carboxylic acids is 1. The van der Waals surface area contributed by atoms with E-state index in [1.165, 1.54) is 0 Å². The fourth-order valence-electron chi connectivity index (χ4n) is 2.30. The van der Waals surface area contributed by atoms with E-state index in [9.17, 15) is 9.59 Å². The zero-order chi connectivity index (χ0) is 14.8. The van der Waals surface area contributed by atoms with Crippen molar-refractivity contribution in [2.75, 3.05) is 13.1 Å². The standard InChI is InChI=1S/C12H21NO3.B3/c1-3-5-7-13-8-10(12(15)16)9(6-4-2)11(13)14;1-3-2/h9-10H,3-8H2,1-2H3,(H,15,16);. The van der Waals surface area contributed by atoms with Gasteiger partial charge in [0.1, 0.15) is 0 Å². The van der Waals surface area contributed by atoms with Gasteiger partial charge in [-0.15, -0.1) is 0 Å². The molecule has 4 nitrogen and oxygen atoms in total. The zero-order valence-corrected chi connectivity index (χ0v) is 11.8. The van der Waals surface area contributed by atoms with Crippen LogP contribution in [0.4, 0.5) is 0 Å². The van der Waals surface area contributed by atoms with Crippen molar-refractivity contribution in [2.24, 2.45) is 11.8 Å². The summed E-state index contributed by atoms with van der Waals surface area (Å²) in [6.07, 6.45) is 3.54. The molecule has 0 aromatic rings. The van der Waals surface area contributed by atoms with Crippen molar-refractivity contribution < 1.29 is 14.7 Å². The highest BCUT2D eigenvalue weighted by Gasteiger charge is 2.43. The molecule has 7 heteroatoms. The van der Waals surface area contributed by atoms with Gasteiger partial charge in [0, 0.05) is 35.6 Å². The van der Waals surface area contributed by atoms with Gasteiger partial charge in [0.05, 0.1) is 11.8 Å². The van der Waals surface area contributed by atoms with E-state index < -0.39 is 11.9 Å². The Morgan fingerprint density at radius 1 is 1.42 bits per heavy atom. The van der Waals surface area contributed by atoms with Gasteiger partial charge in [-0.25, -0.2) is 0 Å². The van der Waals surface area contributed by atoms with Crippen LogP contribution in [0.25, 0.3) is 0 Å². The van der Waals surface area contributed by atoms with Crippen LogP contribution in [-0.2, 0) is 9.59 Å². The summed E-state index contributed by atoms with van der Waals surface area (Å²) >= 11 is 0. The number of hydrogen-bond donors (Lipinski definition) is 1. The zero-order valence-electron chi connectivity index (χ0n) is 11.8. The molecule has 0 aliphatic carbocycles. The smallest absolute Gasteiger partial charge is 0.309 e. The van der Waals surface area contributed by atoms with Gasteiger partial charge >= 0.3 is 5.97 Å². The molecule has 0 aromatic carbocycles. The molecule has 0 aromatic heterocycles. The van der Waals surface area contributed by atoms with E-state index >= 15 is 0 Å². The first-order chi connectivity index (χ1) is 9.03. The Bertz CT molecular complexity index is 289. The molecule has 1 amide bonds. The predicted molar refractivity (Wildman–Crippen MR) is 78.3 cm³/mol. The van der Waals surface area contributed by atoms with E-state index in [1.54, 1.807) is 4.90 Å². The monoisotopic (exact) mass is 260 g/mol. The Labute approximate surface area is 119 Å². The topological polar surface area (TPSA) is 57.6 Å². The first kappa shape index (κ1) is 18.1. The van der Waals surface area contributed by atoms with Gasteiger partial charge in [-0.3, -0.25) is 9.59 Å². The van der Waals surface area contributed by atoms with Crippen LogP contribution < -0.4 is 0 Å². The second-order valence-corrected chi connectivity index (χ2v) is 4.67. The average molecular weight is 260 g/mol. The third-order valence-electron chi connectivity index (χ3n) is 3.23. The van der Waals surface area contributed by atoms with E-state index in [0.717, 1.165) is 26.3 Å². The molecule has 1 saturated heterocycles. The highest BCUT2D eigenvalue weighted by molar-refractivity contribution is 7.17. The molecule has 1 heterocycles. The number of nitrogens with zero attached hydrogens (tertiary/aromatic N) is 1. The Kier molecular flexibility index (Phi) is 9.53. The lowest BCUT2D eigenvalue weighted by molar-refractivity contribution is -0.144. The number of hydrogen-bond acceptors (Lipinski definition) is 2.